The van der Waals surface area contributed by atoms with Crippen molar-refractivity contribution in [3.8, 4) is 0 Å². The molecule has 1 aliphatic rings. The van der Waals surface area contributed by atoms with Crippen LogP contribution in [0.2, 0.25) is 0 Å². The predicted octanol–water partition coefficient (Wildman–Crippen LogP) is 3.09. The largest absolute Gasteiger partial charge is 0.294 e. The van der Waals surface area contributed by atoms with Gasteiger partial charge in [-0.15, -0.1) is 0 Å². The first-order chi connectivity index (χ1) is 8.68. The minimum absolute atomic E-state index is 0.0225. The highest BCUT2D eigenvalue weighted by molar-refractivity contribution is 5.96. The topological polar surface area (TPSA) is 60.2 Å². The van der Waals surface area contributed by atoms with Gasteiger partial charge in [0.1, 0.15) is 0 Å². The SMILES string of the molecule is O=C(C[C@@H]1CCCC[C@H]1[N+](=O)[O-])c1ccccc1. The number of hydrogen-bond acceptors (Lipinski definition) is 3. The minimum atomic E-state index is -0.536. The molecule has 0 bridgehead atoms. The van der Waals surface area contributed by atoms with Crippen molar-refractivity contribution in [2.24, 2.45) is 5.92 Å². The van der Waals surface area contributed by atoms with Gasteiger partial charge in [0, 0.05) is 29.2 Å². The average molecular weight is 247 g/mol. The van der Waals surface area contributed by atoms with E-state index < -0.39 is 6.04 Å². The average Bonchev–Trinajstić information content (AvgIpc) is 2.40. The Morgan fingerprint density at radius 2 is 1.89 bits per heavy atom. The smallest absolute Gasteiger partial charge is 0.216 e. The van der Waals surface area contributed by atoms with Gasteiger partial charge in [0.25, 0.3) is 0 Å². The fraction of sp³-hybridized carbons (Fsp3) is 0.500. The van der Waals surface area contributed by atoms with Crippen LogP contribution in [0, 0.1) is 16.0 Å². The highest BCUT2D eigenvalue weighted by atomic mass is 16.6. The number of Topliss-reactive ketones (excluding diaryl/α,β-unsaturated/α-hetero) is 1. The summed E-state index contributed by atoms with van der Waals surface area (Å²) in [5, 5.41) is 11.0. The molecule has 0 heterocycles. The highest BCUT2D eigenvalue weighted by Crippen LogP contribution is 2.29. The maximum absolute atomic E-state index is 12.1. The van der Waals surface area contributed by atoms with E-state index in [9.17, 15) is 14.9 Å². The van der Waals surface area contributed by atoms with E-state index in [4.69, 9.17) is 0 Å². The van der Waals surface area contributed by atoms with E-state index >= 15 is 0 Å². The van der Waals surface area contributed by atoms with Crippen LogP contribution in [-0.4, -0.2) is 16.7 Å². The molecule has 1 aromatic carbocycles. The van der Waals surface area contributed by atoms with E-state index in [1.165, 1.54) is 0 Å². The number of ketones is 1. The Bertz CT molecular complexity index is 430. The van der Waals surface area contributed by atoms with Crippen LogP contribution in [0.5, 0.6) is 0 Å². The zero-order chi connectivity index (χ0) is 13.0. The Hall–Kier alpha value is -1.71. The summed E-state index contributed by atoms with van der Waals surface area (Å²) in [5.41, 5.74) is 0.658. The first-order valence-electron chi connectivity index (χ1n) is 6.40. The van der Waals surface area contributed by atoms with Crippen LogP contribution in [-0.2, 0) is 0 Å². The Labute approximate surface area is 106 Å². The predicted molar refractivity (Wildman–Crippen MR) is 68.1 cm³/mol. The summed E-state index contributed by atoms with van der Waals surface area (Å²) in [4.78, 5) is 22.8. The van der Waals surface area contributed by atoms with Gasteiger partial charge >= 0.3 is 0 Å². The lowest BCUT2D eigenvalue weighted by Crippen LogP contribution is -2.33. The lowest BCUT2D eigenvalue weighted by atomic mass is 9.81. The summed E-state index contributed by atoms with van der Waals surface area (Å²) in [6.45, 7) is 0. The molecular formula is C14H17NO3. The van der Waals surface area contributed by atoms with Gasteiger partial charge in [-0.25, -0.2) is 0 Å². The summed E-state index contributed by atoms with van der Waals surface area (Å²) >= 11 is 0. The molecule has 4 heteroatoms. The highest BCUT2D eigenvalue weighted by Gasteiger charge is 2.35. The quantitative estimate of drug-likeness (QED) is 0.466. The molecule has 96 valence electrons. The van der Waals surface area contributed by atoms with Gasteiger partial charge < -0.3 is 0 Å². The Balaban J connectivity index is 2.03. The van der Waals surface area contributed by atoms with Crippen molar-refractivity contribution in [1.82, 2.24) is 0 Å². The normalized spacial score (nSPS) is 23.6. The molecule has 1 saturated carbocycles. The number of carbonyl (C=O) groups is 1. The van der Waals surface area contributed by atoms with Gasteiger partial charge in [0.15, 0.2) is 5.78 Å². The zero-order valence-corrected chi connectivity index (χ0v) is 10.2. The second kappa shape index (κ2) is 5.76. The van der Waals surface area contributed by atoms with Gasteiger partial charge in [0.2, 0.25) is 6.04 Å². The first kappa shape index (κ1) is 12.7. The van der Waals surface area contributed by atoms with E-state index in [1.54, 1.807) is 12.1 Å². The van der Waals surface area contributed by atoms with Gasteiger partial charge in [-0.3, -0.25) is 14.9 Å². The summed E-state index contributed by atoms with van der Waals surface area (Å²) < 4.78 is 0. The molecule has 1 fully saturated rings. The maximum atomic E-state index is 12.1. The van der Waals surface area contributed by atoms with Crippen molar-refractivity contribution in [3.63, 3.8) is 0 Å². The van der Waals surface area contributed by atoms with Gasteiger partial charge in [-0.2, -0.15) is 0 Å². The summed E-state index contributed by atoms with van der Waals surface area (Å²) in [6.07, 6.45) is 3.61. The van der Waals surface area contributed by atoms with E-state index in [-0.39, 0.29) is 16.6 Å². The van der Waals surface area contributed by atoms with Crippen LogP contribution >= 0.6 is 0 Å². The second-order valence-corrected chi connectivity index (χ2v) is 4.89. The zero-order valence-electron chi connectivity index (χ0n) is 10.2. The molecule has 0 spiro atoms. The second-order valence-electron chi connectivity index (χ2n) is 4.89. The Morgan fingerprint density at radius 1 is 1.22 bits per heavy atom. The van der Waals surface area contributed by atoms with Crippen LogP contribution in [0.1, 0.15) is 42.5 Å². The van der Waals surface area contributed by atoms with E-state index in [0.29, 0.717) is 18.4 Å². The van der Waals surface area contributed by atoms with Crippen LogP contribution < -0.4 is 0 Å². The van der Waals surface area contributed by atoms with Crippen LogP contribution in [0.4, 0.5) is 0 Å². The number of rotatable bonds is 4. The lowest BCUT2D eigenvalue weighted by Gasteiger charge is -2.24. The lowest BCUT2D eigenvalue weighted by molar-refractivity contribution is -0.535. The molecule has 18 heavy (non-hydrogen) atoms. The molecule has 0 saturated heterocycles. The van der Waals surface area contributed by atoms with Crippen molar-refractivity contribution in [2.75, 3.05) is 0 Å². The van der Waals surface area contributed by atoms with Crippen LogP contribution in [0.3, 0.4) is 0 Å². The molecule has 0 N–H and O–H groups in total. The molecule has 2 rings (SSSR count). The molecule has 1 aliphatic carbocycles. The van der Waals surface area contributed by atoms with Crippen LogP contribution in [0.25, 0.3) is 0 Å². The molecule has 0 aromatic heterocycles. The fourth-order valence-electron chi connectivity index (χ4n) is 2.68. The molecule has 0 aliphatic heterocycles. The molecule has 1 aromatic rings. The van der Waals surface area contributed by atoms with Gasteiger partial charge in [-0.1, -0.05) is 36.8 Å². The number of carbonyl (C=O) groups excluding carboxylic acids is 1. The minimum Gasteiger partial charge on any atom is -0.294 e. The monoisotopic (exact) mass is 247 g/mol. The third-order valence-electron chi connectivity index (χ3n) is 3.68. The Kier molecular flexibility index (Phi) is 4.07. The van der Waals surface area contributed by atoms with Gasteiger partial charge in [0.05, 0.1) is 0 Å². The molecule has 0 amide bonds. The maximum Gasteiger partial charge on any atom is 0.216 e. The van der Waals surface area contributed by atoms with Crippen molar-refractivity contribution >= 4 is 5.78 Å². The molecule has 0 radical (unpaired) electrons. The fourth-order valence-corrected chi connectivity index (χ4v) is 2.68. The standard InChI is InChI=1S/C14H17NO3/c16-14(11-6-2-1-3-7-11)10-12-8-4-5-9-13(12)15(17)18/h1-3,6-7,12-13H,4-5,8-10H2/t12-,13+/m0/s1. The molecular weight excluding hydrogens is 230 g/mol. The summed E-state index contributed by atoms with van der Waals surface area (Å²) in [5.74, 6) is -0.0733. The van der Waals surface area contributed by atoms with Crippen molar-refractivity contribution in [1.29, 1.82) is 0 Å². The molecule has 2 atom stereocenters. The van der Waals surface area contributed by atoms with E-state index in [1.807, 2.05) is 18.2 Å². The van der Waals surface area contributed by atoms with Crippen molar-refractivity contribution in [3.05, 3.63) is 46.0 Å². The number of hydrogen-bond donors (Lipinski definition) is 0. The van der Waals surface area contributed by atoms with E-state index in [2.05, 4.69) is 0 Å². The number of nitro groups is 1. The van der Waals surface area contributed by atoms with Gasteiger partial charge in [-0.05, 0) is 12.8 Å². The van der Waals surface area contributed by atoms with Crippen molar-refractivity contribution in [2.45, 2.75) is 38.1 Å². The third kappa shape index (κ3) is 2.94. The number of benzene rings is 1. The Morgan fingerprint density at radius 3 is 2.56 bits per heavy atom. The van der Waals surface area contributed by atoms with Crippen LogP contribution in [0.15, 0.2) is 30.3 Å². The summed E-state index contributed by atoms with van der Waals surface area (Å²) in [7, 11) is 0. The van der Waals surface area contributed by atoms with E-state index in [0.717, 1.165) is 19.3 Å². The number of nitrogens with zero attached hydrogens (tertiary/aromatic N) is 1. The van der Waals surface area contributed by atoms with Crippen molar-refractivity contribution < 1.29 is 9.72 Å². The molecule has 0 unspecified atom stereocenters. The molecule has 4 nitrogen and oxygen atoms in total. The summed E-state index contributed by atoms with van der Waals surface area (Å²) in [6, 6.07) is 8.50. The first-order valence-corrected chi connectivity index (χ1v) is 6.40. The third-order valence-corrected chi connectivity index (χ3v) is 3.68.